The van der Waals surface area contributed by atoms with Crippen molar-refractivity contribution in [3.05, 3.63) is 0 Å². The lowest BCUT2D eigenvalue weighted by molar-refractivity contribution is -0.187. The Bertz CT molecular complexity index is 196. The van der Waals surface area contributed by atoms with Crippen molar-refractivity contribution in [2.24, 2.45) is 0 Å². The second-order valence-electron chi connectivity index (χ2n) is 5.44. The van der Waals surface area contributed by atoms with Crippen LogP contribution in [0.1, 0.15) is 6.42 Å². The van der Waals surface area contributed by atoms with Crippen molar-refractivity contribution in [1.82, 2.24) is 0 Å². The topological polar surface area (TPSA) is 36.9 Å². The Balaban J connectivity index is 3.94. The van der Waals surface area contributed by atoms with Gasteiger partial charge >= 0.3 is 0 Å². The summed E-state index contributed by atoms with van der Waals surface area (Å²) in [6.45, 7) is 11.4. The molecule has 0 rings (SSSR count). The van der Waals surface area contributed by atoms with Gasteiger partial charge in [0.1, 0.15) is 0 Å². The van der Waals surface area contributed by atoms with Gasteiger partial charge in [0.25, 0.3) is 0 Å². The summed E-state index contributed by atoms with van der Waals surface area (Å²) in [6, 6.07) is 1.10. The average molecular weight is 281 g/mol. The summed E-state index contributed by atoms with van der Waals surface area (Å²) >= 11 is 0. The van der Waals surface area contributed by atoms with Crippen LogP contribution < -0.4 is 0 Å². The molecule has 0 aliphatic heterocycles. The Morgan fingerprint density at radius 2 is 1.53 bits per heavy atom. The van der Waals surface area contributed by atoms with Crippen molar-refractivity contribution >= 4 is 15.4 Å². The first kappa shape index (κ1) is 17.3. The molecule has 104 valence electrons. The number of methoxy groups -OCH3 is 1. The highest BCUT2D eigenvalue weighted by Gasteiger charge is 2.44. The highest BCUT2D eigenvalue weighted by Crippen LogP contribution is 2.26. The minimum atomic E-state index is -1.71. The van der Waals surface area contributed by atoms with Crippen molar-refractivity contribution in [3.63, 3.8) is 0 Å². The van der Waals surface area contributed by atoms with Crippen LogP contribution in [0.3, 0.4) is 0 Å². The number of hydrogen-bond donors (Lipinski definition) is 0. The molecule has 0 aromatic heterocycles. The van der Waals surface area contributed by atoms with Crippen LogP contribution in [0, 0.1) is 0 Å². The van der Waals surface area contributed by atoms with E-state index in [0.717, 1.165) is 19.1 Å². The molecular formula is C11H28O4Si2. The first-order valence-corrected chi connectivity index (χ1v) is 13.3. The van der Waals surface area contributed by atoms with Crippen LogP contribution in [-0.2, 0) is 18.9 Å². The van der Waals surface area contributed by atoms with E-state index < -0.39 is 15.4 Å². The molecule has 1 unspecified atom stereocenters. The Kier molecular flexibility index (Phi) is 8.52. The van der Waals surface area contributed by atoms with E-state index in [-0.39, 0.29) is 0 Å². The van der Waals surface area contributed by atoms with E-state index in [4.69, 9.17) is 18.9 Å². The molecule has 0 aliphatic rings. The lowest BCUT2D eigenvalue weighted by atomic mass is 10.5. The SMILES string of the molecule is COCCOCCC[Si](C)(OOC)[Si](C)(C)C. The third kappa shape index (κ3) is 6.68. The molecular weight excluding hydrogens is 252 g/mol. The minimum absolute atomic E-state index is 0.664. The Hall–Kier alpha value is 0.274. The normalized spacial score (nSPS) is 15.9. The van der Waals surface area contributed by atoms with Gasteiger partial charge in [-0.3, -0.25) is 9.46 Å². The molecule has 0 radical (unpaired) electrons. The average Bonchev–Trinajstić information content (AvgIpc) is 2.22. The number of hydrogen-bond acceptors (Lipinski definition) is 4. The lowest BCUT2D eigenvalue weighted by Crippen LogP contribution is -2.57. The van der Waals surface area contributed by atoms with E-state index >= 15 is 0 Å². The van der Waals surface area contributed by atoms with Crippen molar-refractivity contribution in [3.8, 4) is 0 Å². The molecule has 0 saturated carbocycles. The molecule has 6 heteroatoms. The zero-order chi connectivity index (χ0) is 13.4. The fourth-order valence-electron chi connectivity index (χ4n) is 1.48. The highest BCUT2D eigenvalue weighted by atomic mass is 29.3. The van der Waals surface area contributed by atoms with Crippen LogP contribution in [0.5, 0.6) is 0 Å². The third-order valence-corrected chi connectivity index (χ3v) is 18.8. The molecule has 0 heterocycles. The monoisotopic (exact) mass is 280 g/mol. The van der Waals surface area contributed by atoms with E-state index in [1.54, 1.807) is 14.2 Å². The highest BCUT2D eigenvalue weighted by molar-refractivity contribution is 7.38. The second-order valence-corrected chi connectivity index (χ2v) is 20.7. The van der Waals surface area contributed by atoms with Gasteiger partial charge in [-0.1, -0.05) is 19.6 Å². The maximum absolute atomic E-state index is 5.64. The quantitative estimate of drug-likeness (QED) is 0.267. The molecule has 1 atom stereocenters. The summed E-state index contributed by atoms with van der Waals surface area (Å²) in [7, 11) is 0.287. The van der Waals surface area contributed by atoms with Gasteiger partial charge in [-0.15, -0.1) is 0 Å². The van der Waals surface area contributed by atoms with Gasteiger partial charge in [-0.05, 0) is 19.0 Å². The second kappa shape index (κ2) is 8.39. The molecule has 0 N–H and O–H groups in total. The predicted octanol–water partition coefficient (Wildman–Crippen LogP) is 2.61. The maximum atomic E-state index is 5.64. The first-order chi connectivity index (χ1) is 7.87. The lowest BCUT2D eigenvalue weighted by Gasteiger charge is -2.35. The molecule has 4 nitrogen and oxygen atoms in total. The summed E-state index contributed by atoms with van der Waals surface area (Å²) in [5.41, 5.74) is 0. The van der Waals surface area contributed by atoms with Crippen molar-refractivity contribution in [2.45, 2.75) is 38.7 Å². The fourth-order valence-corrected chi connectivity index (χ4v) is 7.53. The van der Waals surface area contributed by atoms with Gasteiger partial charge in [-0.25, -0.2) is 0 Å². The maximum Gasteiger partial charge on any atom is 0.222 e. The molecule has 0 aliphatic carbocycles. The molecule has 0 fully saturated rings. The van der Waals surface area contributed by atoms with Gasteiger partial charge in [0.15, 0.2) is 0 Å². The van der Waals surface area contributed by atoms with Crippen LogP contribution in [0.15, 0.2) is 0 Å². The molecule has 0 bridgehead atoms. The van der Waals surface area contributed by atoms with Crippen molar-refractivity contribution < 1.29 is 18.9 Å². The first-order valence-electron chi connectivity index (χ1n) is 6.16. The van der Waals surface area contributed by atoms with Crippen LogP contribution in [0.25, 0.3) is 0 Å². The Morgan fingerprint density at radius 1 is 0.882 bits per heavy atom. The molecule has 0 aromatic rings. The van der Waals surface area contributed by atoms with Crippen LogP contribution >= 0.6 is 0 Å². The number of ether oxygens (including phenoxy) is 2. The summed E-state index contributed by atoms with van der Waals surface area (Å²) in [5, 5.41) is 0. The Morgan fingerprint density at radius 3 is 2.00 bits per heavy atom. The van der Waals surface area contributed by atoms with E-state index in [0.29, 0.717) is 13.2 Å². The fraction of sp³-hybridized carbons (Fsp3) is 1.00. The summed E-state index contributed by atoms with van der Waals surface area (Å²) < 4.78 is 16.0. The third-order valence-electron chi connectivity index (χ3n) is 3.23. The molecule has 17 heavy (non-hydrogen) atoms. The summed E-state index contributed by atoms with van der Waals surface area (Å²) in [4.78, 5) is 4.96. The van der Waals surface area contributed by atoms with E-state index in [9.17, 15) is 0 Å². The van der Waals surface area contributed by atoms with Gasteiger partial charge in [0.2, 0.25) is 7.83 Å². The van der Waals surface area contributed by atoms with Crippen molar-refractivity contribution in [2.75, 3.05) is 34.0 Å². The minimum Gasteiger partial charge on any atom is -0.382 e. The molecule has 0 amide bonds. The summed E-state index contributed by atoms with van der Waals surface area (Å²) in [5.74, 6) is 0. The van der Waals surface area contributed by atoms with Gasteiger partial charge < -0.3 is 9.47 Å². The van der Waals surface area contributed by atoms with E-state index in [1.165, 1.54) is 0 Å². The van der Waals surface area contributed by atoms with Crippen LogP contribution in [0.2, 0.25) is 32.2 Å². The van der Waals surface area contributed by atoms with Crippen LogP contribution in [0.4, 0.5) is 0 Å². The van der Waals surface area contributed by atoms with Gasteiger partial charge in [-0.2, -0.15) is 0 Å². The number of rotatable bonds is 10. The van der Waals surface area contributed by atoms with Crippen molar-refractivity contribution in [1.29, 1.82) is 0 Å². The predicted molar refractivity (Wildman–Crippen MR) is 75.2 cm³/mol. The molecule has 0 aromatic carbocycles. The molecule has 0 spiro atoms. The summed E-state index contributed by atoms with van der Waals surface area (Å²) in [6.07, 6.45) is 1.04. The van der Waals surface area contributed by atoms with E-state index in [1.807, 2.05) is 0 Å². The van der Waals surface area contributed by atoms with Crippen LogP contribution in [-0.4, -0.2) is 49.5 Å². The Labute approximate surface area is 107 Å². The standard InChI is InChI=1S/C11H28O4Si2/c1-12-9-10-14-8-7-11-17(6,15-13-2)16(3,4)5/h7-11H2,1-6H3. The zero-order valence-corrected chi connectivity index (χ0v) is 14.2. The smallest absolute Gasteiger partial charge is 0.222 e. The zero-order valence-electron chi connectivity index (χ0n) is 12.2. The van der Waals surface area contributed by atoms with Gasteiger partial charge in [0.05, 0.1) is 27.9 Å². The van der Waals surface area contributed by atoms with E-state index in [2.05, 4.69) is 26.2 Å². The van der Waals surface area contributed by atoms with Gasteiger partial charge in [0, 0.05) is 13.7 Å². The molecule has 0 saturated heterocycles. The largest absolute Gasteiger partial charge is 0.382 e.